The second-order valence-corrected chi connectivity index (χ2v) is 6.78. The van der Waals surface area contributed by atoms with Crippen LogP contribution in [0.4, 0.5) is 0 Å². The van der Waals surface area contributed by atoms with Gasteiger partial charge in [-0.1, -0.05) is 6.07 Å². The molecule has 0 aliphatic carbocycles. The van der Waals surface area contributed by atoms with E-state index >= 15 is 0 Å². The molecule has 2 aromatic rings. The van der Waals surface area contributed by atoms with Gasteiger partial charge in [0.15, 0.2) is 0 Å². The second kappa shape index (κ2) is 8.57. The number of carbonyl (C=O) groups excluding carboxylic acids is 1. The SMILES string of the molecule is Cl.Cn1nc(C(=O)N2CCN(CC(O)c3cccs3)CC2)ccc1=O. The number of carbonyl (C=O) groups is 1. The van der Waals surface area contributed by atoms with Crippen molar-refractivity contribution in [3.8, 4) is 0 Å². The van der Waals surface area contributed by atoms with E-state index in [0.29, 0.717) is 32.7 Å². The number of aliphatic hydroxyl groups excluding tert-OH is 1. The Balaban J connectivity index is 0.00000225. The molecule has 3 rings (SSSR count). The molecule has 2 aromatic heterocycles. The average Bonchev–Trinajstić information content (AvgIpc) is 3.12. The Kier molecular flexibility index (Phi) is 6.71. The molecule has 1 aliphatic rings. The van der Waals surface area contributed by atoms with Crippen molar-refractivity contribution in [2.24, 2.45) is 7.05 Å². The van der Waals surface area contributed by atoms with E-state index in [4.69, 9.17) is 0 Å². The summed E-state index contributed by atoms with van der Waals surface area (Å²) in [5, 5.41) is 16.2. The highest BCUT2D eigenvalue weighted by Crippen LogP contribution is 2.20. The van der Waals surface area contributed by atoms with Gasteiger partial charge >= 0.3 is 0 Å². The molecule has 1 atom stereocenters. The fourth-order valence-electron chi connectivity index (χ4n) is 2.73. The fourth-order valence-corrected chi connectivity index (χ4v) is 3.43. The molecule has 9 heteroatoms. The molecule has 25 heavy (non-hydrogen) atoms. The van der Waals surface area contributed by atoms with Gasteiger partial charge in [0.2, 0.25) is 0 Å². The van der Waals surface area contributed by atoms with Crippen molar-refractivity contribution in [1.82, 2.24) is 19.6 Å². The van der Waals surface area contributed by atoms with E-state index < -0.39 is 6.10 Å². The third-order valence-electron chi connectivity index (χ3n) is 4.14. The largest absolute Gasteiger partial charge is 0.386 e. The van der Waals surface area contributed by atoms with Crippen LogP contribution in [-0.4, -0.2) is 63.3 Å². The van der Waals surface area contributed by atoms with Crippen LogP contribution < -0.4 is 5.56 Å². The summed E-state index contributed by atoms with van der Waals surface area (Å²) in [6.07, 6.45) is -0.488. The lowest BCUT2D eigenvalue weighted by Crippen LogP contribution is -2.49. The topological polar surface area (TPSA) is 78.7 Å². The van der Waals surface area contributed by atoms with E-state index in [-0.39, 0.29) is 29.6 Å². The molecule has 1 N–H and O–H groups in total. The van der Waals surface area contributed by atoms with E-state index in [9.17, 15) is 14.7 Å². The molecule has 136 valence electrons. The highest BCUT2D eigenvalue weighted by molar-refractivity contribution is 7.10. The summed E-state index contributed by atoms with van der Waals surface area (Å²) < 4.78 is 1.17. The van der Waals surface area contributed by atoms with Gasteiger partial charge in [0, 0.05) is 50.7 Å². The van der Waals surface area contributed by atoms with Crippen LogP contribution in [0, 0.1) is 0 Å². The maximum absolute atomic E-state index is 12.5. The predicted octanol–water partition coefficient (Wildman–Crippen LogP) is 0.755. The Morgan fingerprint density at radius 1 is 1.28 bits per heavy atom. The van der Waals surface area contributed by atoms with Crippen molar-refractivity contribution >= 4 is 29.7 Å². The van der Waals surface area contributed by atoms with Crippen LogP contribution >= 0.6 is 23.7 Å². The van der Waals surface area contributed by atoms with Gasteiger partial charge in [0.05, 0.1) is 0 Å². The first-order chi connectivity index (χ1) is 11.5. The summed E-state index contributed by atoms with van der Waals surface area (Å²) in [6.45, 7) is 3.15. The number of piperazine rings is 1. The molecule has 1 aliphatic heterocycles. The molecule has 0 spiro atoms. The normalized spacial score (nSPS) is 16.3. The van der Waals surface area contributed by atoms with E-state index in [2.05, 4.69) is 10.00 Å². The van der Waals surface area contributed by atoms with Crippen LogP contribution in [0.15, 0.2) is 34.4 Å². The van der Waals surface area contributed by atoms with Gasteiger partial charge in [-0.15, -0.1) is 23.7 Å². The summed E-state index contributed by atoms with van der Waals surface area (Å²) in [5.74, 6) is -0.163. The summed E-state index contributed by atoms with van der Waals surface area (Å²) >= 11 is 1.55. The van der Waals surface area contributed by atoms with Gasteiger partial charge in [-0.2, -0.15) is 5.10 Å². The van der Waals surface area contributed by atoms with Crippen molar-refractivity contribution in [1.29, 1.82) is 0 Å². The number of hydrogen-bond donors (Lipinski definition) is 1. The number of hydrogen-bond acceptors (Lipinski definition) is 6. The van der Waals surface area contributed by atoms with Crippen molar-refractivity contribution < 1.29 is 9.90 Å². The monoisotopic (exact) mass is 384 g/mol. The molecule has 0 radical (unpaired) electrons. The summed E-state index contributed by atoms with van der Waals surface area (Å²) in [6, 6.07) is 6.69. The summed E-state index contributed by atoms with van der Waals surface area (Å²) in [7, 11) is 1.53. The molecule has 1 saturated heterocycles. The maximum atomic E-state index is 12.5. The van der Waals surface area contributed by atoms with Gasteiger partial charge in [-0.25, -0.2) is 4.68 Å². The smallest absolute Gasteiger partial charge is 0.274 e. The Hall–Kier alpha value is -1.74. The van der Waals surface area contributed by atoms with Crippen molar-refractivity contribution in [2.45, 2.75) is 6.10 Å². The minimum Gasteiger partial charge on any atom is -0.386 e. The summed E-state index contributed by atoms with van der Waals surface area (Å²) in [5.41, 5.74) is 0.0445. The number of aromatic nitrogens is 2. The molecular formula is C16H21ClN4O3S. The molecule has 0 aromatic carbocycles. The molecule has 0 saturated carbocycles. The van der Waals surface area contributed by atoms with Crippen LogP contribution in [0.2, 0.25) is 0 Å². The number of rotatable bonds is 4. The molecule has 1 fully saturated rings. The van der Waals surface area contributed by atoms with Gasteiger partial charge in [-0.05, 0) is 17.5 Å². The third kappa shape index (κ3) is 4.66. The zero-order chi connectivity index (χ0) is 17.1. The minimum absolute atomic E-state index is 0. The highest BCUT2D eigenvalue weighted by Gasteiger charge is 2.24. The first-order valence-corrected chi connectivity index (χ1v) is 8.70. The number of nitrogens with zero attached hydrogens (tertiary/aromatic N) is 4. The van der Waals surface area contributed by atoms with Crippen molar-refractivity contribution in [3.63, 3.8) is 0 Å². The van der Waals surface area contributed by atoms with Crippen LogP contribution in [0.1, 0.15) is 21.5 Å². The Morgan fingerprint density at radius 3 is 2.60 bits per heavy atom. The zero-order valence-corrected chi connectivity index (χ0v) is 15.5. The van der Waals surface area contributed by atoms with Crippen LogP contribution in [0.5, 0.6) is 0 Å². The van der Waals surface area contributed by atoms with Crippen LogP contribution in [0.25, 0.3) is 0 Å². The minimum atomic E-state index is -0.488. The molecule has 0 bridgehead atoms. The Morgan fingerprint density at radius 2 is 2.00 bits per heavy atom. The van der Waals surface area contributed by atoms with Gasteiger partial charge in [0.1, 0.15) is 11.8 Å². The number of aryl methyl sites for hydroxylation is 1. The number of thiophene rings is 1. The maximum Gasteiger partial charge on any atom is 0.274 e. The molecule has 7 nitrogen and oxygen atoms in total. The van der Waals surface area contributed by atoms with Gasteiger partial charge in [0.25, 0.3) is 11.5 Å². The van der Waals surface area contributed by atoms with E-state index in [1.807, 2.05) is 17.5 Å². The van der Waals surface area contributed by atoms with Crippen LogP contribution in [0.3, 0.4) is 0 Å². The molecular weight excluding hydrogens is 364 g/mol. The first kappa shape index (κ1) is 19.6. The number of β-amino-alcohol motifs (C(OH)–C–C–N with tert-alkyl or cyclic N) is 1. The van der Waals surface area contributed by atoms with Gasteiger partial charge < -0.3 is 10.0 Å². The second-order valence-electron chi connectivity index (χ2n) is 5.80. The van der Waals surface area contributed by atoms with Crippen molar-refractivity contribution in [3.05, 3.63) is 50.6 Å². The predicted molar refractivity (Wildman–Crippen MR) is 98.3 cm³/mol. The lowest BCUT2D eigenvalue weighted by molar-refractivity contribution is 0.0526. The Labute approximate surface area is 155 Å². The fraction of sp³-hybridized carbons (Fsp3) is 0.438. The van der Waals surface area contributed by atoms with Gasteiger partial charge in [-0.3, -0.25) is 14.5 Å². The molecule has 1 unspecified atom stereocenters. The van der Waals surface area contributed by atoms with Crippen LogP contribution in [-0.2, 0) is 7.05 Å². The third-order valence-corrected chi connectivity index (χ3v) is 5.12. The Bertz CT molecular complexity index is 757. The quantitative estimate of drug-likeness (QED) is 0.841. The van der Waals surface area contributed by atoms with E-state index in [1.165, 1.54) is 23.9 Å². The standard InChI is InChI=1S/C16H20N4O3S.ClH/c1-18-15(22)5-4-12(17-18)16(23)20-8-6-19(7-9-20)11-13(21)14-3-2-10-24-14;/h2-5,10,13,21H,6-9,11H2,1H3;1H. The first-order valence-electron chi connectivity index (χ1n) is 7.82. The van der Waals surface area contributed by atoms with E-state index in [0.717, 1.165) is 4.88 Å². The number of halogens is 1. The molecule has 1 amide bonds. The summed E-state index contributed by atoms with van der Waals surface area (Å²) in [4.78, 5) is 28.7. The van der Waals surface area contributed by atoms with Crippen molar-refractivity contribution in [2.75, 3.05) is 32.7 Å². The molecule has 3 heterocycles. The lowest BCUT2D eigenvalue weighted by atomic mass is 10.2. The number of amides is 1. The van der Waals surface area contributed by atoms with E-state index in [1.54, 1.807) is 16.2 Å². The average molecular weight is 385 g/mol. The zero-order valence-electron chi connectivity index (χ0n) is 13.9. The highest BCUT2D eigenvalue weighted by atomic mass is 35.5. The number of aliphatic hydroxyl groups is 1. The lowest BCUT2D eigenvalue weighted by Gasteiger charge is -2.35.